The Kier molecular flexibility index (Phi) is 1.99. The molecule has 2 aliphatic rings. The maximum absolute atomic E-state index is 9.29. The molecule has 1 aromatic rings. The van der Waals surface area contributed by atoms with E-state index in [1.807, 2.05) is 0 Å². The molecule has 1 aliphatic heterocycles. The Hall–Kier alpha value is -1.02. The highest BCUT2D eigenvalue weighted by Gasteiger charge is 2.47. The Morgan fingerprint density at radius 1 is 1.20 bits per heavy atom. The van der Waals surface area contributed by atoms with Gasteiger partial charge in [0, 0.05) is 19.0 Å². The minimum Gasteiger partial charge on any atom is -0.508 e. The van der Waals surface area contributed by atoms with Crippen LogP contribution in [-0.2, 0) is 0 Å². The van der Waals surface area contributed by atoms with Gasteiger partial charge in [0.2, 0.25) is 0 Å². The third-order valence-electron chi connectivity index (χ3n) is 4.21. The van der Waals surface area contributed by atoms with Gasteiger partial charge in [-0.3, -0.25) is 0 Å². The van der Waals surface area contributed by atoms with Gasteiger partial charge in [0.05, 0.1) is 0 Å². The van der Waals surface area contributed by atoms with Crippen LogP contribution >= 0.6 is 0 Å². The van der Waals surface area contributed by atoms with Crippen LogP contribution < -0.4 is 5.32 Å². The average Bonchev–Trinajstić information content (AvgIpc) is 2.62. The van der Waals surface area contributed by atoms with Crippen LogP contribution in [-0.4, -0.2) is 18.2 Å². The van der Waals surface area contributed by atoms with Crippen LogP contribution in [0.5, 0.6) is 5.75 Å². The molecule has 1 saturated heterocycles. The van der Waals surface area contributed by atoms with Crippen LogP contribution in [0.3, 0.4) is 0 Å². The molecule has 2 nitrogen and oxygen atoms in total. The maximum Gasteiger partial charge on any atom is 0.115 e. The van der Waals surface area contributed by atoms with Gasteiger partial charge in [0.25, 0.3) is 0 Å². The number of aromatic hydroxyl groups is 1. The first-order chi connectivity index (χ1) is 7.30. The summed E-state index contributed by atoms with van der Waals surface area (Å²) in [5, 5.41) is 12.8. The summed E-state index contributed by atoms with van der Waals surface area (Å²) in [6, 6.07) is 7.76. The van der Waals surface area contributed by atoms with Crippen LogP contribution in [0.4, 0.5) is 0 Å². The fraction of sp³-hybridized carbons (Fsp3) is 0.538. The molecule has 80 valence electrons. The first-order valence-corrected chi connectivity index (χ1v) is 5.80. The topological polar surface area (TPSA) is 32.3 Å². The summed E-state index contributed by atoms with van der Waals surface area (Å²) < 4.78 is 0. The standard InChI is InChI=1S/C13H17NO/c15-11-4-2-10(3-5-11)12-8-14-9-13(12)6-1-7-13/h2-5,12,14-15H,1,6-9H2/t12-/m0/s1. The number of rotatable bonds is 1. The Bertz CT molecular complexity index is 353. The van der Waals surface area contributed by atoms with Crippen LogP contribution in [0.1, 0.15) is 30.7 Å². The Labute approximate surface area is 90.3 Å². The van der Waals surface area contributed by atoms with Crippen molar-refractivity contribution in [1.29, 1.82) is 0 Å². The molecule has 0 aromatic heterocycles. The summed E-state index contributed by atoms with van der Waals surface area (Å²) in [5.74, 6) is 1.03. The van der Waals surface area contributed by atoms with E-state index >= 15 is 0 Å². The molecule has 1 atom stereocenters. The van der Waals surface area contributed by atoms with Crippen molar-refractivity contribution < 1.29 is 5.11 Å². The quantitative estimate of drug-likeness (QED) is 0.733. The van der Waals surface area contributed by atoms with Crippen molar-refractivity contribution in [1.82, 2.24) is 5.32 Å². The van der Waals surface area contributed by atoms with Crippen LogP contribution in [0.2, 0.25) is 0 Å². The van der Waals surface area contributed by atoms with E-state index in [4.69, 9.17) is 0 Å². The van der Waals surface area contributed by atoms with Crippen LogP contribution in [0.25, 0.3) is 0 Å². The molecule has 3 rings (SSSR count). The molecule has 1 aliphatic carbocycles. The lowest BCUT2D eigenvalue weighted by atomic mass is 9.61. The van der Waals surface area contributed by atoms with Crippen molar-refractivity contribution in [3.05, 3.63) is 29.8 Å². The number of hydrogen-bond donors (Lipinski definition) is 2. The van der Waals surface area contributed by atoms with Gasteiger partial charge in [-0.25, -0.2) is 0 Å². The molecule has 1 heterocycles. The number of phenols is 1. The summed E-state index contributed by atoms with van der Waals surface area (Å²) in [6.45, 7) is 2.28. The molecule has 15 heavy (non-hydrogen) atoms. The zero-order valence-electron chi connectivity index (χ0n) is 8.87. The molecule has 2 fully saturated rings. The van der Waals surface area contributed by atoms with Crippen molar-refractivity contribution in [3.63, 3.8) is 0 Å². The molecule has 1 aromatic carbocycles. The summed E-state index contributed by atoms with van der Waals surface area (Å²) in [4.78, 5) is 0. The lowest BCUT2D eigenvalue weighted by molar-refractivity contribution is 0.137. The van der Waals surface area contributed by atoms with Crippen LogP contribution in [0, 0.1) is 5.41 Å². The molecule has 1 saturated carbocycles. The molecule has 0 radical (unpaired) electrons. The van der Waals surface area contributed by atoms with Crippen molar-refractivity contribution in [2.45, 2.75) is 25.2 Å². The molecule has 0 bridgehead atoms. The molecule has 2 heteroatoms. The smallest absolute Gasteiger partial charge is 0.115 e. The summed E-state index contributed by atoms with van der Waals surface area (Å²) >= 11 is 0. The van der Waals surface area contributed by atoms with Gasteiger partial charge in [0.15, 0.2) is 0 Å². The number of nitrogens with one attached hydrogen (secondary N) is 1. The van der Waals surface area contributed by atoms with E-state index in [2.05, 4.69) is 17.4 Å². The number of hydrogen-bond acceptors (Lipinski definition) is 2. The Morgan fingerprint density at radius 2 is 1.93 bits per heavy atom. The van der Waals surface area contributed by atoms with Crippen molar-refractivity contribution in [2.75, 3.05) is 13.1 Å². The fourth-order valence-corrected chi connectivity index (χ4v) is 3.14. The second-order valence-electron chi connectivity index (χ2n) is 4.99. The van der Waals surface area contributed by atoms with E-state index in [0.29, 0.717) is 17.1 Å². The van der Waals surface area contributed by atoms with E-state index in [1.54, 1.807) is 12.1 Å². The zero-order valence-corrected chi connectivity index (χ0v) is 8.87. The largest absolute Gasteiger partial charge is 0.508 e. The van der Waals surface area contributed by atoms with Gasteiger partial charge in [-0.05, 0) is 36.0 Å². The fourth-order valence-electron chi connectivity index (χ4n) is 3.14. The molecule has 2 N–H and O–H groups in total. The molecule has 0 amide bonds. The molecular weight excluding hydrogens is 186 g/mol. The number of benzene rings is 1. The summed E-state index contributed by atoms with van der Waals surface area (Å²) in [5.41, 5.74) is 1.93. The maximum atomic E-state index is 9.29. The van der Waals surface area contributed by atoms with Crippen molar-refractivity contribution >= 4 is 0 Å². The number of phenolic OH excluding ortho intramolecular Hbond substituents is 1. The third-order valence-corrected chi connectivity index (χ3v) is 4.21. The van der Waals surface area contributed by atoms with Crippen LogP contribution in [0.15, 0.2) is 24.3 Å². The van der Waals surface area contributed by atoms with Gasteiger partial charge in [-0.2, -0.15) is 0 Å². The summed E-state index contributed by atoms with van der Waals surface area (Å²) in [6.07, 6.45) is 4.12. The predicted octanol–water partition coefficient (Wildman–Crippen LogP) is 2.25. The molecule has 1 spiro atoms. The Balaban J connectivity index is 1.90. The average molecular weight is 203 g/mol. The van der Waals surface area contributed by atoms with E-state index in [9.17, 15) is 5.11 Å². The predicted molar refractivity (Wildman–Crippen MR) is 60.0 cm³/mol. The van der Waals surface area contributed by atoms with Gasteiger partial charge >= 0.3 is 0 Å². The van der Waals surface area contributed by atoms with E-state index in [1.165, 1.54) is 31.4 Å². The van der Waals surface area contributed by atoms with E-state index < -0.39 is 0 Å². The van der Waals surface area contributed by atoms with Gasteiger partial charge in [0.1, 0.15) is 5.75 Å². The second-order valence-corrected chi connectivity index (χ2v) is 4.99. The highest BCUT2D eigenvalue weighted by Crippen LogP contribution is 2.53. The van der Waals surface area contributed by atoms with Gasteiger partial charge in [-0.1, -0.05) is 18.6 Å². The minimum atomic E-state index is 0.368. The highest BCUT2D eigenvalue weighted by molar-refractivity contribution is 5.31. The summed E-state index contributed by atoms with van der Waals surface area (Å²) in [7, 11) is 0. The lowest BCUT2D eigenvalue weighted by Crippen LogP contribution is -2.35. The van der Waals surface area contributed by atoms with E-state index in [-0.39, 0.29) is 0 Å². The minimum absolute atomic E-state index is 0.368. The van der Waals surface area contributed by atoms with Crippen molar-refractivity contribution in [2.24, 2.45) is 5.41 Å². The van der Waals surface area contributed by atoms with Gasteiger partial charge in [-0.15, -0.1) is 0 Å². The monoisotopic (exact) mass is 203 g/mol. The highest BCUT2D eigenvalue weighted by atomic mass is 16.3. The van der Waals surface area contributed by atoms with Crippen molar-refractivity contribution in [3.8, 4) is 5.75 Å². The normalized spacial score (nSPS) is 27.9. The molecular formula is C13H17NO. The first kappa shape index (κ1) is 9.22. The SMILES string of the molecule is Oc1ccc([C@@H]2CNCC23CCC3)cc1. The lowest BCUT2D eigenvalue weighted by Gasteiger charge is -2.43. The van der Waals surface area contributed by atoms with Gasteiger partial charge < -0.3 is 10.4 Å². The first-order valence-electron chi connectivity index (χ1n) is 5.80. The zero-order chi connectivity index (χ0) is 10.3. The third kappa shape index (κ3) is 1.36. The molecule has 0 unspecified atom stereocenters. The van der Waals surface area contributed by atoms with E-state index in [0.717, 1.165) is 6.54 Å². The second kappa shape index (κ2) is 3.24. The Morgan fingerprint density at radius 3 is 2.53 bits per heavy atom.